The monoisotopic (exact) mass is 335 g/mol. The average molecular weight is 335 g/mol. The molecular formula is C17H16F3N3O. The van der Waals surface area contributed by atoms with Gasteiger partial charge in [0.15, 0.2) is 0 Å². The predicted molar refractivity (Wildman–Crippen MR) is 85.1 cm³/mol. The van der Waals surface area contributed by atoms with Gasteiger partial charge in [-0.2, -0.15) is 13.2 Å². The van der Waals surface area contributed by atoms with Crippen LogP contribution < -0.4 is 10.2 Å². The fraction of sp³-hybridized carbons (Fsp3) is 0.294. The van der Waals surface area contributed by atoms with Crippen LogP contribution in [0.15, 0.2) is 42.6 Å². The highest BCUT2D eigenvalue weighted by Gasteiger charge is 2.30. The Kier molecular flexibility index (Phi) is 4.42. The fourth-order valence-electron chi connectivity index (χ4n) is 2.65. The summed E-state index contributed by atoms with van der Waals surface area (Å²) in [7, 11) is 0. The Balaban J connectivity index is 1.70. The number of rotatable bonds is 3. The van der Waals surface area contributed by atoms with E-state index in [1.165, 1.54) is 12.1 Å². The van der Waals surface area contributed by atoms with Gasteiger partial charge in [-0.25, -0.2) is 4.98 Å². The molecule has 4 nitrogen and oxygen atoms in total. The fourth-order valence-corrected chi connectivity index (χ4v) is 2.65. The first-order chi connectivity index (χ1) is 11.4. The molecule has 0 spiro atoms. The molecule has 0 aliphatic carbocycles. The van der Waals surface area contributed by atoms with Crippen LogP contribution in [0.5, 0.6) is 0 Å². The maximum atomic E-state index is 12.7. The zero-order chi connectivity index (χ0) is 17.2. The second kappa shape index (κ2) is 6.51. The maximum Gasteiger partial charge on any atom is 0.416 e. The first kappa shape index (κ1) is 16.3. The van der Waals surface area contributed by atoms with E-state index in [1.807, 2.05) is 0 Å². The third-order valence-corrected chi connectivity index (χ3v) is 3.90. The van der Waals surface area contributed by atoms with Crippen LogP contribution >= 0.6 is 0 Å². The minimum atomic E-state index is -4.45. The topological polar surface area (TPSA) is 45.2 Å². The van der Waals surface area contributed by atoms with Crippen LogP contribution in [0.1, 0.15) is 28.9 Å². The summed E-state index contributed by atoms with van der Waals surface area (Å²) in [5.74, 6) is -0.540. The molecule has 0 atom stereocenters. The Morgan fingerprint density at radius 2 is 1.88 bits per heavy atom. The highest BCUT2D eigenvalue weighted by atomic mass is 19.4. The summed E-state index contributed by atoms with van der Waals surface area (Å²) < 4.78 is 38.1. The van der Waals surface area contributed by atoms with Gasteiger partial charge in [-0.1, -0.05) is 6.07 Å². The Morgan fingerprint density at radius 3 is 2.50 bits per heavy atom. The molecule has 1 N–H and O–H groups in total. The van der Waals surface area contributed by atoms with E-state index in [2.05, 4.69) is 15.2 Å². The number of carbonyl (C=O) groups excluding carboxylic acids is 1. The summed E-state index contributed by atoms with van der Waals surface area (Å²) in [4.78, 5) is 18.4. The van der Waals surface area contributed by atoms with Crippen molar-refractivity contribution in [3.05, 3.63) is 53.9 Å². The number of anilines is 2. The Morgan fingerprint density at radius 1 is 1.12 bits per heavy atom. The van der Waals surface area contributed by atoms with E-state index >= 15 is 0 Å². The minimum Gasteiger partial charge on any atom is -0.370 e. The summed E-state index contributed by atoms with van der Waals surface area (Å²) in [5.41, 5.74) is 0.386. The molecule has 0 unspecified atom stereocenters. The third-order valence-electron chi connectivity index (χ3n) is 3.90. The predicted octanol–water partition coefficient (Wildman–Crippen LogP) is 3.95. The Bertz CT molecular complexity index is 723. The van der Waals surface area contributed by atoms with Gasteiger partial charge in [0.25, 0.3) is 5.91 Å². The lowest BCUT2D eigenvalue weighted by molar-refractivity contribution is -0.137. The van der Waals surface area contributed by atoms with E-state index in [1.54, 1.807) is 18.3 Å². The van der Waals surface area contributed by atoms with Crippen molar-refractivity contribution in [1.29, 1.82) is 0 Å². The van der Waals surface area contributed by atoms with E-state index in [9.17, 15) is 18.0 Å². The van der Waals surface area contributed by atoms with Gasteiger partial charge >= 0.3 is 6.18 Å². The molecule has 0 saturated carbocycles. The Hall–Kier alpha value is -2.57. The van der Waals surface area contributed by atoms with Crippen molar-refractivity contribution in [2.24, 2.45) is 0 Å². The van der Waals surface area contributed by atoms with Crippen LogP contribution in [0.25, 0.3) is 0 Å². The van der Waals surface area contributed by atoms with Crippen molar-refractivity contribution in [2.75, 3.05) is 23.3 Å². The summed E-state index contributed by atoms with van der Waals surface area (Å²) >= 11 is 0. The molecule has 1 aliphatic heterocycles. The zero-order valence-corrected chi connectivity index (χ0v) is 12.8. The second-order valence-electron chi connectivity index (χ2n) is 5.63. The van der Waals surface area contributed by atoms with Gasteiger partial charge in [-0.05, 0) is 43.2 Å². The molecule has 1 saturated heterocycles. The normalized spacial score (nSPS) is 14.7. The van der Waals surface area contributed by atoms with Crippen molar-refractivity contribution in [2.45, 2.75) is 19.0 Å². The molecule has 2 heterocycles. The highest BCUT2D eigenvalue weighted by Crippen LogP contribution is 2.30. The molecule has 7 heteroatoms. The molecule has 3 rings (SSSR count). The number of benzene rings is 1. The van der Waals surface area contributed by atoms with Gasteiger partial charge in [0, 0.05) is 18.8 Å². The van der Waals surface area contributed by atoms with Gasteiger partial charge in [-0.15, -0.1) is 0 Å². The summed E-state index contributed by atoms with van der Waals surface area (Å²) in [6.45, 7) is 1.94. The van der Waals surface area contributed by atoms with Crippen LogP contribution in [0, 0.1) is 0 Å². The van der Waals surface area contributed by atoms with Crippen molar-refractivity contribution in [3.63, 3.8) is 0 Å². The van der Waals surface area contributed by atoms with Crippen LogP contribution in [-0.2, 0) is 6.18 Å². The second-order valence-corrected chi connectivity index (χ2v) is 5.63. The van der Waals surface area contributed by atoms with E-state index < -0.39 is 17.6 Å². The van der Waals surface area contributed by atoms with Gasteiger partial charge in [0.2, 0.25) is 0 Å². The molecule has 1 fully saturated rings. The SMILES string of the molecule is O=C(Nc1cccc(C(F)(F)F)c1)c1ccc(N2CCCC2)cn1. The minimum absolute atomic E-state index is 0.0836. The number of hydrogen-bond acceptors (Lipinski definition) is 3. The van der Waals surface area contributed by atoms with Gasteiger partial charge < -0.3 is 10.2 Å². The molecule has 2 aromatic rings. The molecule has 1 amide bonds. The molecule has 1 aromatic carbocycles. The number of hydrogen-bond donors (Lipinski definition) is 1. The molecule has 24 heavy (non-hydrogen) atoms. The number of pyridine rings is 1. The standard InChI is InChI=1S/C17H16F3N3O/c18-17(19,20)12-4-3-5-13(10-12)22-16(24)15-7-6-14(11-21-15)23-8-1-2-9-23/h3-7,10-11H,1-2,8-9H2,(H,22,24). The highest BCUT2D eigenvalue weighted by molar-refractivity contribution is 6.03. The van der Waals surface area contributed by atoms with Crippen molar-refractivity contribution >= 4 is 17.3 Å². The van der Waals surface area contributed by atoms with Gasteiger partial charge in [0.05, 0.1) is 17.4 Å². The lowest BCUT2D eigenvalue weighted by Crippen LogP contribution is -2.19. The van der Waals surface area contributed by atoms with E-state index in [4.69, 9.17) is 0 Å². The maximum absolute atomic E-state index is 12.7. The molecule has 0 bridgehead atoms. The first-order valence-corrected chi connectivity index (χ1v) is 7.63. The van der Waals surface area contributed by atoms with E-state index in [0.717, 1.165) is 43.8 Å². The number of alkyl halides is 3. The van der Waals surface area contributed by atoms with Gasteiger partial charge in [0.1, 0.15) is 5.69 Å². The molecular weight excluding hydrogens is 319 g/mol. The largest absolute Gasteiger partial charge is 0.416 e. The zero-order valence-electron chi connectivity index (χ0n) is 12.8. The number of aromatic nitrogens is 1. The van der Waals surface area contributed by atoms with Crippen molar-refractivity contribution < 1.29 is 18.0 Å². The number of carbonyl (C=O) groups is 1. The van der Waals surface area contributed by atoms with Crippen LogP contribution in [0.3, 0.4) is 0 Å². The van der Waals surface area contributed by atoms with Crippen LogP contribution in [0.2, 0.25) is 0 Å². The quantitative estimate of drug-likeness (QED) is 0.924. The van der Waals surface area contributed by atoms with Crippen LogP contribution in [-0.4, -0.2) is 24.0 Å². The Labute approximate surface area is 137 Å². The lowest BCUT2D eigenvalue weighted by atomic mass is 10.2. The average Bonchev–Trinajstić information content (AvgIpc) is 3.09. The summed E-state index contributed by atoms with van der Waals surface area (Å²) in [6.07, 6.45) is -0.557. The van der Waals surface area contributed by atoms with E-state index in [0.29, 0.717) is 0 Å². The number of nitrogens with zero attached hydrogens (tertiary/aromatic N) is 2. The number of halogens is 3. The van der Waals surface area contributed by atoms with Crippen molar-refractivity contribution in [3.8, 4) is 0 Å². The van der Waals surface area contributed by atoms with E-state index in [-0.39, 0.29) is 11.4 Å². The summed E-state index contributed by atoms with van der Waals surface area (Å²) in [5, 5.41) is 2.44. The molecule has 1 aliphatic rings. The number of amides is 1. The van der Waals surface area contributed by atoms with Crippen molar-refractivity contribution in [1.82, 2.24) is 4.98 Å². The molecule has 0 radical (unpaired) electrons. The molecule has 126 valence electrons. The smallest absolute Gasteiger partial charge is 0.370 e. The lowest BCUT2D eigenvalue weighted by Gasteiger charge is -2.17. The number of nitrogens with one attached hydrogen (secondary N) is 1. The summed E-state index contributed by atoms with van der Waals surface area (Å²) in [6, 6.07) is 7.90. The molecule has 1 aromatic heterocycles. The first-order valence-electron chi connectivity index (χ1n) is 7.63. The van der Waals surface area contributed by atoms with Gasteiger partial charge in [-0.3, -0.25) is 4.79 Å². The third kappa shape index (κ3) is 3.67. The van der Waals surface area contributed by atoms with Crippen LogP contribution in [0.4, 0.5) is 24.5 Å².